The first-order valence-corrected chi connectivity index (χ1v) is 5.87. The van der Waals surface area contributed by atoms with Crippen LogP contribution in [-0.2, 0) is 46.3 Å². The predicted octanol–water partition coefficient (Wildman–Crippen LogP) is -3.88. The van der Waals surface area contributed by atoms with Crippen LogP contribution in [0.5, 0.6) is 0 Å². The average molecular weight is 517 g/mol. The second-order valence-electron chi connectivity index (χ2n) is 3.33. The van der Waals surface area contributed by atoms with Crippen LogP contribution in [0.15, 0.2) is 20.4 Å². The molecule has 122 valence electrons. The molecule has 0 aromatic heterocycles. The van der Waals surface area contributed by atoms with Gasteiger partial charge in [0.25, 0.3) is 0 Å². The Hall–Kier alpha value is -0.752. The monoisotopic (exact) mass is 517 g/mol. The second-order valence-corrected chi connectivity index (χ2v) is 4.17. The van der Waals surface area contributed by atoms with Crippen LogP contribution < -0.4 is 11.5 Å². The SMILES string of the molecule is NC([S-])=NN=CC(=NN=C(N)[S-])C(O)C(O)C(O)CO.[Pt+2]. The first-order valence-electron chi connectivity index (χ1n) is 5.06. The molecular weight excluding hydrogens is 503 g/mol. The molecule has 0 saturated heterocycles. The van der Waals surface area contributed by atoms with Gasteiger partial charge in [0.2, 0.25) is 0 Å². The van der Waals surface area contributed by atoms with E-state index in [1.54, 1.807) is 0 Å². The Bertz CT molecular complexity index is 425. The number of hydrogen-bond donors (Lipinski definition) is 6. The molecule has 0 aliphatic rings. The van der Waals surface area contributed by atoms with E-state index in [2.05, 4.69) is 45.7 Å². The van der Waals surface area contributed by atoms with Crippen molar-refractivity contribution < 1.29 is 41.5 Å². The van der Waals surface area contributed by atoms with Crippen molar-refractivity contribution in [3.05, 3.63) is 0 Å². The van der Waals surface area contributed by atoms with Gasteiger partial charge in [-0.05, 0) is 10.3 Å². The summed E-state index contributed by atoms with van der Waals surface area (Å²) in [5.41, 5.74) is 9.84. The fourth-order valence-electron chi connectivity index (χ4n) is 0.907. The van der Waals surface area contributed by atoms with Crippen LogP contribution in [0.4, 0.5) is 0 Å². The molecule has 0 rings (SSSR count). The zero-order valence-corrected chi connectivity index (χ0v) is 14.3. The van der Waals surface area contributed by atoms with Crippen LogP contribution >= 0.6 is 0 Å². The summed E-state index contributed by atoms with van der Waals surface area (Å²) < 4.78 is 0. The summed E-state index contributed by atoms with van der Waals surface area (Å²) in [6, 6.07) is 0. The van der Waals surface area contributed by atoms with Gasteiger partial charge in [0.1, 0.15) is 24.0 Å². The third-order valence-electron chi connectivity index (χ3n) is 1.82. The van der Waals surface area contributed by atoms with E-state index in [0.29, 0.717) is 0 Å². The molecule has 0 aromatic carbocycles. The van der Waals surface area contributed by atoms with Crippen molar-refractivity contribution in [3.8, 4) is 0 Å². The summed E-state index contributed by atoms with van der Waals surface area (Å²) in [5.74, 6) is 0. The van der Waals surface area contributed by atoms with Gasteiger partial charge in [-0.15, -0.1) is 0 Å². The third-order valence-corrected chi connectivity index (χ3v) is 1.98. The Morgan fingerprint density at radius 2 is 1.57 bits per heavy atom. The zero-order valence-electron chi connectivity index (χ0n) is 10.4. The quantitative estimate of drug-likeness (QED) is 0.0858. The van der Waals surface area contributed by atoms with E-state index in [9.17, 15) is 15.3 Å². The van der Waals surface area contributed by atoms with Crippen molar-refractivity contribution in [2.24, 2.45) is 31.9 Å². The van der Waals surface area contributed by atoms with Gasteiger partial charge in [0.05, 0.1) is 12.8 Å². The fraction of sp³-hybridized carbons (Fsp3) is 0.500. The third kappa shape index (κ3) is 9.74. The van der Waals surface area contributed by atoms with Crippen LogP contribution in [0.25, 0.3) is 0 Å². The maximum atomic E-state index is 9.76. The van der Waals surface area contributed by atoms with Crippen molar-refractivity contribution in [1.82, 2.24) is 0 Å². The van der Waals surface area contributed by atoms with Gasteiger partial charge in [0, 0.05) is 0 Å². The number of nitrogens with two attached hydrogens (primary N) is 2. The standard InChI is InChI=1S/C8H16N6O4S2.Pt/c9-7(19)13-11-1-3(12-14-8(10)20)5(17)6(18)4(16)2-15;/h1,4-6,15-18H,2H2,(H3,9,13,19)(H3,10,14,20);/q;+2/p-2. The molecule has 0 aliphatic heterocycles. The zero-order chi connectivity index (χ0) is 15.7. The molecule has 13 heteroatoms. The van der Waals surface area contributed by atoms with Crippen LogP contribution in [-0.4, -0.2) is 67.6 Å². The van der Waals surface area contributed by atoms with Gasteiger partial charge in [0.15, 0.2) is 0 Å². The summed E-state index contributed by atoms with van der Waals surface area (Å²) in [4.78, 5) is 0. The number of aliphatic hydroxyl groups is 4. The Morgan fingerprint density at radius 3 is 2.00 bits per heavy atom. The summed E-state index contributed by atoms with van der Waals surface area (Å²) >= 11 is 8.90. The molecule has 0 spiro atoms. The van der Waals surface area contributed by atoms with E-state index in [4.69, 9.17) is 16.6 Å². The molecule has 0 fully saturated rings. The molecule has 8 N–H and O–H groups in total. The Kier molecular flexibility index (Phi) is 12.7. The minimum Gasteiger partial charge on any atom is -0.741 e. The predicted molar refractivity (Wildman–Crippen MR) is 79.0 cm³/mol. The molecule has 0 saturated carbocycles. The molecule has 0 aliphatic carbocycles. The van der Waals surface area contributed by atoms with Crippen LogP contribution in [0.1, 0.15) is 0 Å². The van der Waals surface area contributed by atoms with E-state index >= 15 is 0 Å². The molecule has 3 unspecified atom stereocenters. The summed E-state index contributed by atoms with van der Waals surface area (Å²) in [7, 11) is 0. The number of nitrogens with zero attached hydrogens (tertiary/aromatic N) is 4. The molecule has 21 heavy (non-hydrogen) atoms. The number of hydrogen-bond acceptors (Lipinski definition) is 10. The Morgan fingerprint density at radius 1 is 1.05 bits per heavy atom. The van der Waals surface area contributed by atoms with Crippen LogP contribution in [0.2, 0.25) is 0 Å². The van der Waals surface area contributed by atoms with E-state index in [0.717, 1.165) is 6.21 Å². The number of amidine groups is 2. The van der Waals surface area contributed by atoms with Gasteiger partial charge in [-0.3, -0.25) is 0 Å². The maximum absolute atomic E-state index is 9.76. The van der Waals surface area contributed by atoms with E-state index in [1.165, 1.54) is 0 Å². The Labute approximate surface area is 145 Å². The molecule has 0 bridgehead atoms. The Balaban J connectivity index is 0. The first-order chi connectivity index (χ1) is 9.29. The van der Waals surface area contributed by atoms with Crippen molar-refractivity contribution >= 4 is 47.5 Å². The van der Waals surface area contributed by atoms with Crippen molar-refractivity contribution in [2.75, 3.05) is 6.61 Å². The largest absolute Gasteiger partial charge is 2.00 e. The van der Waals surface area contributed by atoms with E-state index in [1.807, 2.05) is 0 Å². The van der Waals surface area contributed by atoms with Crippen molar-refractivity contribution in [3.63, 3.8) is 0 Å². The van der Waals surface area contributed by atoms with Gasteiger partial charge in [-0.2, -0.15) is 20.4 Å². The van der Waals surface area contributed by atoms with Gasteiger partial charge in [-0.25, -0.2) is 0 Å². The van der Waals surface area contributed by atoms with Gasteiger partial charge >= 0.3 is 21.1 Å². The van der Waals surface area contributed by atoms with Crippen LogP contribution in [0, 0.1) is 0 Å². The van der Waals surface area contributed by atoms with Crippen LogP contribution in [0.3, 0.4) is 0 Å². The summed E-state index contributed by atoms with van der Waals surface area (Å²) in [6.07, 6.45) is -4.17. The van der Waals surface area contributed by atoms with Gasteiger partial charge in [-0.1, -0.05) is 0 Å². The first kappa shape index (κ1) is 22.5. The fourth-order valence-corrected chi connectivity index (χ4v) is 0.995. The minimum atomic E-state index is -1.74. The number of aliphatic hydroxyl groups excluding tert-OH is 4. The summed E-state index contributed by atoms with van der Waals surface area (Å²) in [6.45, 7) is -0.771. The molecule has 0 aromatic rings. The van der Waals surface area contributed by atoms with Crippen molar-refractivity contribution in [2.45, 2.75) is 18.3 Å². The normalized spacial score (nSPS) is 18.2. The maximum Gasteiger partial charge on any atom is 2.00 e. The smallest absolute Gasteiger partial charge is 0.741 e. The van der Waals surface area contributed by atoms with Gasteiger partial charge < -0.3 is 57.2 Å². The molecule has 0 heterocycles. The van der Waals surface area contributed by atoms with E-state index < -0.39 is 24.9 Å². The topological polar surface area (TPSA) is 182 Å². The van der Waals surface area contributed by atoms with E-state index in [-0.39, 0.29) is 37.1 Å². The average Bonchev–Trinajstić information content (AvgIpc) is 2.39. The molecular formula is C8H14N6O4PtS2. The molecule has 0 radical (unpaired) electrons. The van der Waals surface area contributed by atoms with Crippen molar-refractivity contribution in [1.29, 1.82) is 0 Å². The molecule has 3 atom stereocenters. The number of rotatable bonds is 7. The minimum absolute atomic E-state index is 0. The molecule has 0 amide bonds. The molecule has 10 nitrogen and oxygen atoms in total. The second kappa shape index (κ2) is 11.9. The summed E-state index contributed by atoms with van der Waals surface area (Å²) in [5, 5.41) is 50.0.